The van der Waals surface area contributed by atoms with Crippen LogP contribution in [0.25, 0.3) is 0 Å². The number of carbonyl (C=O) groups excluding carboxylic acids is 4. The minimum Gasteiger partial charge on any atom is -0.481 e. The molecule has 0 spiro atoms. The summed E-state index contributed by atoms with van der Waals surface area (Å²) >= 11 is 6.11. The summed E-state index contributed by atoms with van der Waals surface area (Å²) in [6.45, 7) is 3.80. The Morgan fingerprint density at radius 2 is 1.81 bits per heavy atom. The van der Waals surface area contributed by atoms with Crippen LogP contribution in [0.4, 0.5) is 10.5 Å². The van der Waals surface area contributed by atoms with Crippen molar-refractivity contribution in [2.75, 3.05) is 18.8 Å². The molecule has 0 unspecified atom stereocenters. The van der Waals surface area contributed by atoms with Crippen LogP contribution in [0.2, 0.25) is 5.02 Å². The van der Waals surface area contributed by atoms with E-state index in [4.69, 9.17) is 22.4 Å². The third-order valence-corrected chi connectivity index (χ3v) is 5.82. The van der Waals surface area contributed by atoms with E-state index in [1.165, 1.54) is 12.1 Å². The number of nitrogens with two attached hydrogens (primary N) is 1. The molecule has 32 heavy (non-hydrogen) atoms. The highest BCUT2D eigenvalue weighted by Crippen LogP contribution is 2.26. The van der Waals surface area contributed by atoms with Crippen molar-refractivity contribution in [1.29, 1.82) is 0 Å². The first kappa shape index (κ1) is 25.3. The van der Waals surface area contributed by atoms with E-state index in [0.717, 1.165) is 0 Å². The molecule has 11 heteroatoms. The second kappa shape index (κ2) is 10.6. The number of imide groups is 1. The molecule has 1 fully saturated rings. The smallest absolute Gasteiger partial charge is 0.424 e. The molecule has 10 nitrogen and oxygen atoms in total. The molecule has 1 aliphatic rings. The van der Waals surface area contributed by atoms with Crippen molar-refractivity contribution in [2.45, 2.75) is 45.2 Å². The number of benzene rings is 1. The van der Waals surface area contributed by atoms with Crippen LogP contribution in [0.15, 0.2) is 18.2 Å². The van der Waals surface area contributed by atoms with Crippen molar-refractivity contribution in [3.8, 4) is 0 Å². The molecule has 0 aliphatic carbocycles. The van der Waals surface area contributed by atoms with Gasteiger partial charge < -0.3 is 21.0 Å². The fourth-order valence-corrected chi connectivity index (χ4v) is 4.04. The van der Waals surface area contributed by atoms with Crippen molar-refractivity contribution < 1.29 is 33.6 Å². The summed E-state index contributed by atoms with van der Waals surface area (Å²) in [6.07, 6.45) is 0.894. The Hall–Kier alpha value is -2.98. The number of nitrogens with zero attached hydrogens (tertiary/aromatic N) is 1. The van der Waals surface area contributed by atoms with Crippen LogP contribution < -0.4 is 16.4 Å². The third kappa shape index (κ3) is 5.43. The van der Waals surface area contributed by atoms with Gasteiger partial charge in [0.1, 0.15) is 18.4 Å². The van der Waals surface area contributed by atoms with Gasteiger partial charge in [-0.05, 0) is 18.1 Å². The molecule has 174 valence electrons. The number of quaternary nitrogens is 1. The van der Waals surface area contributed by atoms with Crippen molar-refractivity contribution in [3.05, 3.63) is 28.8 Å². The first-order chi connectivity index (χ1) is 15.0. The second-order valence-corrected chi connectivity index (χ2v) is 8.56. The van der Waals surface area contributed by atoms with E-state index in [1.807, 2.05) is 0 Å². The van der Waals surface area contributed by atoms with Gasteiger partial charge in [-0.2, -0.15) is 4.48 Å². The fraction of sp³-hybridized carbons (Fsp3) is 0.476. The number of urea groups is 1. The first-order valence-electron chi connectivity index (χ1n) is 10.3. The molecule has 1 aromatic rings. The molecule has 2 atom stereocenters. The molecule has 2 rings (SSSR count). The van der Waals surface area contributed by atoms with E-state index >= 15 is 0 Å². The van der Waals surface area contributed by atoms with Gasteiger partial charge in [-0.1, -0.05) is 31.5 Å². The SMILES string of the molecule is CC(C)[C@H](NC(=O)c1c(N)cccc1Cl)C(=O)[N+]1(C(=O)N[C@H](C=O)CC(=O)O)CCCC1. The minimum absolute atomic E-state index is 0.0347. The Balaban J connectivity index is 2.32. The normalized spacial score (nSPS) is 16.8. The van der Waals surface area contributed by atoms with Crippen LogP contribution in [-0.4, -0.2) is 64.9 Å². The number of rotatable bonds is 8. The average Bonchev–Trinajstić information content (AvgIpc) is 3.21. The van der Waals surface area contributed by atoms with E-state index < -0.39 is 46.8 Å². The highest BCUT2D eigenvalue weighted by Gasteiger charge is 2.51. The van der Waals surface area contributed by atoms with E-state index in [0.29, 0.717) is 19.1 Å². The second-order valence-electron chi connectivity index (χ2n) is 8.15. The molecule has 0 aromatic heterocycles. The molecule has 1 saturated heterocycles. The molecule has 0 bridgehead atoms. The van der Waals surface area contributed by atoms with Gasteiger partial charge in [0.25, 0.3) is 5.91 Å². The molecule has 5 N–H and O–H groups in total. The number of carboxylic acids is 1. The lowest BCUT2D eigenvalue weighted by molar-refractivity contribution is -0.761. The maximum Gasteiger partial charge on any atom is 0.424 e. The third-order valence-electron chi connectivity index (χ3n) is 5.50. The molecule has 0 saturated carbocycles. The van der Waals surface area contributed by atoms with E-state index in [1.54, 1.807) is 19.9 Å². The first-order valence-corrected chi connectivity index (χ1v) is 10.7. The monoisotopic (exact) mass is 467 g/mol. The van der Waals surface area contributed by atoms with Crippen molar-refractivity contribution in [2.24, 2.45) is 5.92 Å². The minimum atomic E-state index is -1.27. The topological polar surface area (TPSA) is 156 Å². The van der Waals surface area contributed by atoms with Gasteiger partial charge in [0, 0.05) is 18.5 Å². The number of nitrogen functional groups attached to an aromatic ring is 1. The van der Waals surface area contributed by atoms with E-state index in [-0.39, 0.29) is 35.3 Å². The van der Waals surface area contributed by atoms with Gasteiger partial charge in [0.15, 0.2) is 0 Å². The Labute approximate surface area is 190 Å². The molecule has 1 aliphatic heterocycles. The molecular weight excluding hydrogens is 440 g/mol. The molecule has 1 heterocycles. The summed E-state index contributed by atoms with van der Waals surface area (Å²) in [6, 6.07) is 1.53. The molecule has 0 radical (unpaired) electrons. The zero-order valence-corrected chi connectivity index (χ0v) is 18.7. The van der Waals surface area contributed by atoms with E-state index in [2.05, 4.69) is 10.6 Å². The number of carboxylic acid groups (broad SMARTS) is 1. The van der Waals surface area contributed by atoms with Crippen molar-refractivity contribution in [3.63, 3.8) is 0 Å². The summed E-state index contributed by atoms with van der Waals surface area (Å²) in [5.41, 5.74) is 6.06. The lowest BCUT2D eigenvalue weighted by Gasteiger charge is -2.33. The maximum absolute atomic E-state index is 13.6. The van der Waals surface area contributed by atoms with E-state index in [9.17, 15) is 24.0 Å². The highest BCUT2D eigenvalue weighted by atomic mass is 35.5. The Morgan fingerprint density at radius 3 is 2.31 bits per heavy atom. The summed E-state index contributed by atoms with van der Waals surface area (Å²) in [7, 11) is 0. The molecule has 1 aromatic carbocycles. The lowest BCUT2D eigenvalue weighted by atomic mass is 10.0. The van der Waals surface area contributed by atoms with Gasteiger partial charge in [0.05, 0.1) is 30.1 Å². The Kier molecular flexibility index (Phi) is 8.34. The van der Waals surface area contributed by atoms with Crippen LogP contribution >= 0.6 is 11.6 Å². The van der Waals surface area contributed by atoms with Crippen LogP contribution in [0.3, 0.4) is 0 Å². The number of halogens is 1. The highest BCUT2D eigenvalue weighted by molar-refractivity contribution is 6.34. The molecular formula is C21H28ClN4O6+. The predicted octanol–water partition coefficient (Wildman–Crippen LogP) is 1.57. The van der Waals surface area contributed by atoms with Gasteiger partial charge in [-0.25, -0.2) is 9.59 Å². The number of hydrogen-bond donors (Lipinski definition) is 4. The number of carbonyl (C=O) groups is 5. The number of amides is 4. The molecule has 4 amide bonds. The van der Waals surface area contributed by atoms with Crippen LogP contribution in [-0.2, 0) is 14.4 Å². The van der Waals surface area contributed by atoms with Gasteiger partial charge in [-0.15, -0.1) is 0 Å². The number of aliphatic carboxylic acids is 1. The van der Waals surface area contributed by atoms with Gasteiger partial charge >= 0.3 is 17.9 Å². The zero-order chi connectivity index (χ0) is 24.1. The number of anilines is 1. The predicted molar refractivity (Wildman–Crippen MR) is 117 cm³/mol. The van der Waals surface area contributed by atoms with Crippen molar-refractivity contribution in [1.82, 2.24) is 10.6 Å². The fourth-order valence-electron chi connectivity index (χ4n) is 3.78. The maximum atomic E-state index is 13.6. The summed E-state index contributed by atoms with van der Waals surface area (Å²) in [5.74, 6) is -2.82. The summed E-state index contributed by atoms with van der Waals surface area (Å²) in [4.78, 5) is 61.8. The number of likely N-dealkylation sites (tertiary alicyclic amines) is 1. The summed E-state index contributed by atoms with van der Waals surface area (Å²) < 4.78 is -0.634. The van der Waals surface area contributed by atoms with Crippen molar-refractivity contribution >= 4 is 47.4 Å². The number of aldehydes is 1. The van der Waals surface area contributed by atoms with Crippen LogP contribution in [0.1, 0.15) is 43.5 Å². The summed E-state index contributed by atoms with van der Waals surface area (Å²) in [5, 5.41) is 14.1. The van der Waals surface area contributed by atoms with Crippen LogP contribution in [0, 0.1) is 5.92 Å². The largest absolute Gasteiger partial charge is 0.481 e. The zero-order valence-electron chi connectivity index (χ0n) is 18.0. The van der Waals surface area contributed by atoms with Gasteiger partial charge in [0.2, 0.25) is 0 Å². The average molecular weight is 468 g/mol. The van der Waals surface area contributed by atoms with Crippen LogP contribution in [0.5, 0.6) is 0 Å². The van der Waals surface area contributed by atoms with Gasteiger partial charge in [-0.3, -0.25) is 14.9 Å². The number of nitrogens with one attached hydrogen (secondary N) is 2. The number of hydrogen-bond acceptors (Lipinski definition) is 6. The Morgan fingerprint density at radius 1 is 1.19 bits per heavy atom. The standard InChI is InChI=1S/C21H27ClN4O6/c1-12(2)18(25-19(30)17-14(22)6-5-7-15(17)23)20(31)26(8-3-4-9-26)21(32)24-13(11-27)10-16(28)29/h5-7,11-13,18H,3-4,8-10H2,1-2H3,(H4-,23,24,25,28,29,30,32)/p+1/t13-,18-/m0/s1. The quantitative estimate of drug-likeness (QED) is 0.257. The Bertz CT molecular complexity index is 893. The lowest BCUT2D eigenvalue weighted by Crippen LogP contribution is -2.66.